The van der Waals surface area contributed by atoms with Crippen molar-refractivity contribution in [2.45, 2.75) is 17.9 Å². The van der Waals surface area contributed by atoms with Crippen LogP contribution in [0.4, 0.5) is 0 Å². The SMILES string of the molecule is CCOCC[CH2][Mg][Cl]. The number of hydrogen-bond acceptors (Lipinski definition) is 1. The highest BCUT2D eigenvalue weighted by Crippen LogP contribution is 1.90. The summed E-state index contributed by atoms with van der Waals surface area (Å²) in [7, 11) is 5.56. The first-order valence-corrected chi connectivity index (χ1v) is 6.19. The van der Waals surface area contributed by atoms with Crippen molar-refractivity contribution in [2.75, 3.05) is 13.2 Å². The van der Waals surface area contributed by atoms with Gasteiger partial charge in [0.15, 0.2) is 0 Å². The molecule has 0 saturated heterocycles. The minimum Gasteiger partial charge on any atom is -0.382 e. The van der Waals surface area contributed by atoms with Crippen LogP contribution in [0.15, 0.2) is 0 Å². The monoisotopic (exact) mass is 146 g/mol. The Kier molecular flexibility index (Phi) is 9.03. The van der Waals surface area contributed by atoms with Crippen LogP contribution >= 0.6 is 9.07 Å². The van der Waals surface area contributed by atoms with Crippen LogP contribution in [0.1, 0.15) is 13.3 Å². The normalized spacial score (nSPS) is 8.75. The second-order valence-corrected chi connectivity index (χ2v) is 3.81. The summed E-state index contributed by atoms with van der Waals surface area (Å²) >= 11 is -0.222. The van der Waals surface area contributed by atoms with Gasteiger partial charge in [0.25, 0.3) is 0 Å². The number of hydrogen-bond donors (Lipinski definition) is 0. The second kappa shape index (κ2) is 8.02. The summed E-state index contributed by atoms with van der Waals surface area (Å²) in [6, 6.07) is 0. The average molecular weight is 147 g/mol. The fourth-order valence-electron chi connectivity index (χ4n) is 0.443. The van der Waals surface area contributed by atoms with Gasteiger partial charge >= 0.3 is 19.3 Å². The highest BCUT2D eigenvalue weighted by molar-refractivity contribution is 6.93. The van der Waals surface area contributed by atoms with Gasteiger partial charge in [-0.25, -0.2) is 0 Å². The molecular formula is C5H11ClMgO. The molecular weight excluding hydrogens is 136 g/mol. The molecule has 0 amide bonds. The third kappa shape index (κ3) is 7.02. The average Bonchev–Trinajstić information content (AvgIpc) is 1.81. The molecule has 0 aromatic heterocycles. The Labute approximate surface area is 64.2 Å². The first kappa shape index (κ1) is 9.02. The van der Waals surface area contributed by atoms with E-state index in [0.29, 0.717) is 0 Å². The van der Waals surface area contributed by atoms with Crippen molar-refractivity contribution in [1.29, 1.82) is 0 Å². The Balaban J connectivity index is 2.53. The predicted octanol–water partition coefficient (Wildman–Crippen LogP) is 1.69. The molecule has 0 aromatic rings. The lowest BCUT2D eigenvalue weighted by atomic mass is 10.5. The van der Waals surface area contributed by atoms with Crippen molar-refractivity contribution in [3.8, 4) is 0 Å². The van der Waals surface area contributed by atoms with Crippen LogP contribution in [0, 0.1) is 0 Å². The molecule has 8 heavy (non-hydrogen) atoms. The van der Waals surface area contributed by atoms with E-state index in [1.165, 1.54) is 4.55 Å². The van der Waals surface area contributed by atoms with Gasteiger partial charge in [-0.15, -0.1) is 4.55 Å². The van der Waals surface area contributed by atoms with E-state index in [-0.39, 0.29) is 19.3 Å². The van der Waals surface area contributed by atoms with E-state index in [0.717, 1.165) is 19.6 Å². The lowest BCUT2D eigenvalue weighted by Crippen LogP contribution is -1.93. The second-order valence-electron chi connectivity index (χ2n) is 1.59. The summed E-state index contributed by atoms with van der Waals surface area (Å²) in [5, 5.41) is 0. The zero-order valence-electron chi connectivity index (χ0n) is 5.32. The maximum Gasteiger partial charge on any atom is 0.501 e. The summed E-state index contributed by atoms with van der Waals surface area (Å²) in [5.41, 5.74) is 0. The summed E-state index contributed by atoms with van der Waals surface area (Å²) in [4.78, 5) is 0. The Morgan fingerprint density at radius 2 is 2.38 bits per heavy atom. The summed E-state index contributed by atoms with van der Waals surface area (Å²) < 4.78 is 6.31. The molecule has 0 heterocycles. The van der Waals surface area contributed by atoms with E-state index in [2.05, 4.69) is 0 Å². The third-order valence-corrected chi connectivity index (χ3v) is 2.45. The van der Waals surface area contributed by atoms with Gasteiger partial charge in [-0.1, -0.05) is 6.42 Å². The van der Waals surface area contributed by atoms with Gasteiger partial charge < -0.3 is 13.8 Å². The van der Waals surface area contributed by atoms with Crippen LogP contribution in [0.3, 0.4) is 0 Å². The van der Waals surface area contributed by atoms with Gasteiger partial charge in [-0.05, 0) is 6.92 Å². The minimum absolute atomic E-state index is 0.222. The van der Waals surface area contributed by atoms with Crippen LogP contribution in [-0.2, 0) is 4.74 Å². The summed E-state index contributed by atoms with van der Waals surface area (Å²) in [5.74, 6) is 0. The van der Waals surface area contributed by atoms with E-state index in [9.17, 15) is 0 Å². The molecule has 1 nitrogen and oxygen atoms in total. The van der Waals surface area contributed by atoms with Crippen LogP contribution in [0.25, 0.3) is 0 Å². The Bertz CT molecular complexity index is 37.4. The van der Waals surface area contributed by atoms with Crippen LogP contribution in [0.2, 0.25) is 4.55 Å². The Morgan fingerprint density at radius 3 is 2.88 bits per heavy atom. The maximum absolute atomic E-state index is 5.56. The van der Waals surface area contributed by atoms with Crippen molar-refractivity contribution >= 4 is 28.3 Å². The summed E-state index contributed by atoms with van der Waals surface area (Å²) in [6.07, 6.45) is 1.16. The van der Waals surface area contributed by atoms with E-state index in [4.69, 9.17) is 13.8 Å². The molecule has 0 bridgehead atoms. The summed E-state index contributed by atoms with van der Waals surface area (Å²) in [6.45, 7) is 3.75. The fourth-order valence-corrected chi connectivity index (χ4v) is 1.40. The fraction of sp³-hybridized carbons (Fsp3) is 1.00. The molecule has 0 unspecified atom stereocenters. The van der Waals surface area contributed by atoms with Gasteiger partial charge in [0.1, 0.15) is 0 Å². The topological polar surface area (TPSA) is 9.23 Å². The molecule has 0 aromatic carbocycles. The zero-order valence-corrected chi connectivity index (χ0v) is 7.49. The van der Waals surface area contributed by atoms with Crippen molar-refractivity contribution < 1.29 is 4.74 Å². The first-order chi connectivity index (χ1) is 3.91. The molecule has 0 atom stereocenters. The third-order valence-electron chi connectivity index (χ3n) is 0.876. The molecule has 0 saturated carbocycles. The smallest absolute Gasteiger partial charge is 0.382 e. The van der Waals surface area contributed by atoms with Crippen LogP contribution < -0.4 is 0 Å². The lowest BCUT2D eigenvalue weighted by Gasteiger charge is -1.95. The van der Waals surface area contributed by atoms with Crippen molar-refractivity contribution in [2.24, 2.45) is 0 Å². The van der Waals surface area contributed by atoms with E-state index in [1.54, 1.807) is 0 Å². The van der Waals surface area contributed by atoms with Gasteiger partial charge in [0.2, 0.25) is 0 Å². The van der Waals surface area contributed by atoms with Crippen LogP contribution in [0.5, 0.6) is 0 Å². The van der Waals surface area contributed by atoms with Crippen molar-refractivity contribution in [1.82, 2.24) is 0 Å². The first-order valence-electron chi connectivity index (χ1n) is 3.05. The van der Waals surface area contributed by atoms with Crippen molar-refractivity contribution in [3.05, 3.63) is 0 Å². The molecule has 0 fully saturated rings. The van der Waals surface area contributed by atoms with Crippen LogP contribution in [-0.4, -0.2) is 32.5 Å². The number of halogens is 1. The van der Waals surface area contributed by atoms with E-state index >= 15 is 0 Å². The highest BCUT2D eigenvalue weighted by atomic mass is 35.5. The maximum atomic E-state index is 5.56. The standard InChI is InChI=1S/C5H11O.ClH.Mg/c1-3-5-6-4-2;;/h1,3-5H2,2H3;1H;/q;;+1/p-1. The number of ether oxygens (including phenoxy) is 1. The van der Waals surface area contributed by atoms with E-state index in [1.807, 2.05) is 6.92 Å². The Hall–Kier alpha value is 1.02. The molecule has 0 N–H and O–H groups in total. The lowest BCUT2D eigenvalue weighted by molar-refractivity contribution is 0.148. The zero-order chi connectivity index (χ0) is 6.24. The largest absolute Gasteiger partial charge is 0.501 e. The van der Waals surface area contributed by atoms with Gasteiger partial charge in [-0.2, -0.15) is 0 Å². The molecule has 0 aliphatic rings. The molecule has 0 radical (unpaired) electrons. The molecule has 0 spiro atoms. The minimum atomic E-state index is -0.222. The van der Waals surface area contributed by atoms with E-state index < -0.39 is 0 Å². The Morgan fingerprint density at radius 1 is 1.62 bits per heavy atom. The highest BCUT2D eigenvalue weighted by Gasteiger charge is 1.88. The predicted molar refractivity (Wildman–Crippen MR) is 37.5 cm³/mol. The molecule has 46 valence electrons. The van der Waals surface area contributed by atoms with Gasteiger partial charge in [0, 0.05) is 13.2 Å². The number of rotatable bonds is 5. The molecule has 3 heteroatoms. The van der Waals surface area contributed by atoms with Gasteiger partial charge in [-0.3, -0.25) is 0 Å². The molecule has 0 aliphatic carbocycles. The van der Waals surface area contributed by atoms with Gasteiger partial charge in [0.05, 0.1) is 0 Å². The quantitative estimate of drug-likeness (QED) is 0.424. The van der Waals surface area contributed by atoms with Crippen molar-refractivity contribution in [3.63, 3.8) is 0 Å². The molecule has 0 rings (SSSR count). The molecule has 0 aliphatic heterocycles.